The van der Waals surface area contributed by atoms with E-state index in [1.54, 1.807) is 57.8 Å². The van der Waals surface area contributed by atoms with Gasteiger partial charge in [-0.15, -0.1) is 0 Å². The molecule has 26 heavy (non-hydrogen) atoms. The summed E-state index contributed by atoms with van der Waals surface area (Å²) in [6.07, 6.45) is 20.1. The summed E-state index contributed by atoms with van der Waals surface area (Å²) in [5, 5.41) is 0. The Kier molecular flexibility index (Phi) is 5.79. The maximum absolute atomic E-state index is 2.74. The predicted octanol–water partition coefficient (Wildman–Crippen LogP) is 8.11. The van der Waals surface area contributed by atoms with Gasteiger partial charge in [-0.3, -0.25) is 0 Å². The standard InChI is InChI=1S/C26H46/c1-18(2)7-5-6-8-21-11-14-25-24-13-10-20-17-19(3)9-12-22(20)23(24)15-16-26(21,25)4/h18-25H,5-17H2,1-4H3. The smallest absolute Gasteiger partial charge is 0.0266 e. The van der Waals surface area contributed by atoms with Crippen LogP contribution in [0.2, 0.25) is 0 Å². The van der Waals surface area contributed by atoms with Crippen LogP contribution in [0.15, 0.2) is 0 Å². The number of unbranched alkanes of at least 4 members (excludes halogenated alkanes) is 1. The summed E-state index contributed by atoms with van der Waals surface area (Å²) in [4.78, 5) is 0. The Morgan fingerprint density at radius 2 is 1.65 bits per heavy atom. The van der Waals surface area contributed by atoms with Crippen LogP contribution in [0.25, 0.3) is 0 Å². The van der Waals surface area contributed by atoms with Crippen molar-refractivity contribution in [2.24, 2.45) is 52.8 Å². The highest BCUT2D eigenvalue weighted by Gasteiger charge is 2.56. The van der Waals surface area contributed by atoms with Crippen molar-refractivity contribution in [3.05, 3.63) is 0 Å². The zero-order valence-corrected chi connectivity index (χ0v) is 18.3. The zero-order chi connectivity index (χ0) is 18.3. The van der Waals surface area contributed by atoms with Gasteiger partial charge in [0.25, 0.3) is 0 Å². The predicted molar refractivity (Wildman–Crippen MR) is 113 cm³/mol. The first-order chi connectivity index (χ1) is 12.5. The van der Waals surface area contributed by atoms with Gasteiger partial charge in [0, 0.05) is 0 Å². The summed E-state index contributed by atoms with van der Waals surface area (Å²) in [6.45, 7) is 10.0. The van der Waals surface area contributed by atoms with E-state index in [0.717, 1.165) is 47.3 Å². The van der Waals surface area contributed by atoms with E-state index >= 15 is 0 Å². The summed E-state index contributed by atoms with van der Waals surface area (Å²) in [5.74, 6) is 8.54. The molecular weight excluding hydrogens is 312 g/mol. The number of hydrogen-bond donors (Lipinski definition) is 0. The lowest BCUT2D eigenvalue weighted by atomic mass is 9.49. The molecule has 0 aromatic rings. The van der Waals surface area contributed by atoms with Crippen molar-refractivity contribution in [2.75, 3.05) is 0 Å². The maximum atomic E-state index is 2.74. The van der Waals surface area contributed by atoms with Gasteiger partial charge < -0.3 is 0 Å². The molecule has 0 aromatic heterocycles. The van der Waals surface area contributed by atoms with Crippen molar-refractivity contribution in [3.63, 3.8) is 0 Å². The third kappa shape index (κ3) is 3.53. The van der Waals surface area contributed by atoms with Crippen molar-refractivity contribution >= 4 is 0 Å². The highest BCUT2D eigenvalue weighted by Crippen LogP contribution is 2.65. The molecule has 4 aliphatic rings. The summed E-state index contributed by atoms with van der Waals surface area (Å²) in [7, 11) is 0. The third-order valence-corrected chi connectivity index (χ3v) is 10.00. The highest BCUT2D eigenvalue weighted by atomic mass is 14.6. The molecule has 0 saturated heterocycles. The van der Waals surface area contributed by atoms with E-state index in [1.807, 2.05) is 0 Å². The van der Waals surface area contributed by atoms with E-state index in [9.17, 15) is 0 Å². The van der Waals surface area contributed by atoms with Crippen LogP contribution in [0.1, 0.15) is 111 Å². The second kappa shape index (κ2) is 7.79. The van der Waals surface area contributed by atoms with Crippen LogP contribution in [-0.2, 0) is 0 Å². The Hall–Kier alpha value is 0. The van der Waals surface area contributed by atoms with Gasteiger partial charge >= 0.3 is 0 Å². The minimum absolute atomic E-state index is 0.716. The monoisotopic (exact) mass is 358 g/mol. The second-order valence-corrected chi connectivity index (χ2v) is 11.9. The number of hydrogen-bond acceptors (Lipinski definition) is 0. The van der Waals surface area contributed by atoms with Crippen LogP contribution in [-0.4, -0.2) is 0 Å². The maximum Gasteiger partial charge on any atom is -0.0266 e. The molecule has 4 aliphatic carbocycles. The molecule has 0 spiro atoms. The topological polar surface area (TPSA) is 0 Å². The van der Waals surface area contributed by atoms with Crippen molar-refractivity contribution in [1.82, 2.24) is 0 Å². The highest BCUT2D eigenvalue weighted by molar-refractivity contribution is 5.05. The SMILES string of the molecule is CC(C)CCCCC1CCC2C3CCC4CC(C)CCC4C3CCC12C. The van der Waals surface area contributed by atoms with Gasteiger partial charge in [0.1, 0.15) is 0 Å². The first-order valence-electron chi connectivity index (χ1n) is 12.5. The molecule has 0 radical (unpaired) electrons. The molecule has 0 nitrogen and oxygen atoms in total. The lowest BCUT2D eigenvalue weighted by Crippen LogP contribution is -2.48. The van der Waals surface area contributed by atoms with Crippen molar-refractivity contribution in [2.45, 2.75) is 111 Å². The minimum atomic E-state index is 0.716. The molecule has 4 saturated carbocycles. The van der Waals surface area contributed by atoms with E-state index in [4.69, 9.17) is 0 Å². The van der Waals surface area contributed by atoms with Gasteiger partial charge in [-0.05, 0) is 111 Å². The molecule has 4 fully saturated rings. The molecule has 8 atom stereocenters. The molecular formula is C26H46. The average Bonchev–Trinajstić information content (AvgIpc) is 2.94. The molecule has 0 aromatic carbocycles. The summed E-state index contributed by atoms with van der Waals surface area (Å²) < 4.78 is 0. The van der Waals surface area contributed by atoms with Gasteiger partial charge in [-0.2, -0.15) is 0 Å². The lowest BCUT2D eigenvalue weighted by Gasteiger charge is -2.56. The van der Waals surface area contributed by atoms with Crippen LogP contribution in [0.3, 0.4) is 0 Å². The fraction of sp³-hybridized carbons (Fsp3) is 1.00. The van der Waals surface area contributed by atoms with Crippen molar-refractivity contribution in [3.8, 4) is 0 Å². The molecule has 0 N–H and O–H groups in total. The van der Waals surface area contributed by atoms with E-state index in [-0.39, 0.29) is 0 Å². The van der Waals surface area contributed by atoms with Crippen LogP contribution in [0.4, 0.5) is 0 Å². The Balaban J connectivity index is 1.38. The summed E-state index contributed by atoms with van der Waals surface area (Å²) in [6, 6.07) is 0. The molecule has 0 heteroatoms. The Morgan fingerprint density at radius 3 is 2.46 bits per heavy atom. The van der Waals surface area contributed by atoms with Crippen molar-refractivity contribution in [1.29, 1.82) is 0 Å². The Labute approximate surface area is 164 Å². The van der Waals surface area contributed by atoms with Gasteiger partial charge in [0.2, 0.25) is 0 Å². The van der Waals surface area contributed by atoms with E-state index in [0.29, 0.717) is 5.41 Å². The fourth-order valence-corrected chi connectivity index (χ4v) is 8.61. The quantitative estimate of drug-likeness (QED) is 0.435. The summed E-state index contributed by atoms with van der Waals surface area (Å²) in [5.41, 5.74) is 0.716. The molecule has 150 valence electrons. The fourth-order valence-electron chi connectivity index (χ4n) is 8.61. The number of rotatable bonds is 5. The molecule has 0 bridgehead atoms. The van der Waals surface area contributed by atoms with Gasteiger partial charge in [-0.1, -0.05) is 53.4 Å². The van der Waals surface area contributed by atoms with Crippen LogP contribution < -0.4 is 0 Å². The van der Waals surface area contributed by atoms with E-state index in [1.165, 1.54) is 25.7 Å². The molecule has 8 unspecified atom stereocenters. The summed E-state index contributed by atoms with van der Waals surface area (Å²) >= 11 is 0. The van der Waals surface area contributed by atoms with E-state index < -0.39 is 0 Å². The first-order valence-corrected chi connectivity index (χ1v) is 12.5. The number of fused-ring (bicyclic) bond motifs is 5. The van der Waals surface area contributed by atoms with Crippen molar-refractivity contribution < 1.29 is 0 Å². The molecule has 0 aliphatic heterocycles. The van der Waals surface area contributed by atoms with Gasteiger partial charge in [0.05, 0.1) is 0 Å². The minimum Gasteiger partial charge on any atom is -0.0628 e. The normalized spacial score (nSPS) is 48.1. The first kappa shape index (κ1) is 19.3. The van der Waals surface area contributed by atoms with Gasteiger partial charge in [-0.25, -0.2) is 0 Å². The van der Waals surface area contributed by atoms with Gasteiger partial charge in [0.15, 0.2) is 0 Å². The molecule has 4 rings (SSSR count). The Morgan fingerprint density at radius 1 is 0.846 bits per heavy atom. The van der Waals surface area contributed by atoms with Crippen LogP contribution in [0.5, 0.6) is 0 Å². The molecule has 0 amide bonds. The lowest BCUT2D eigenvalue weighted by molar-refractivity contribution is -0.0679. The second-order valence-electron chi connectivity index (χ2n) is 11.9. The van der Waals surface area contributed by atoms with Crippen LogP contribution >= 0.6 is 0 Å². The van der Waals surface area contributed by atoms with E-state index in [2.05, 4.69) is 27.7 Å². The Bertz CT molecular complexity index is 465. The zero-order valence-electron chi connectivity index (χ0n) is 18.3. The van der Waals surface area contributed by atoms with Crippen LogP contribution in [0, 0.1) is 52.8 Å². The third-order valence-electron chi connectivity index (χ3n) is 10.00. The largest absolute Gasteiger partial charge is 0.0628 e. The average molecular weight is 359 g/mol. The molecule has 0 heterocycles.